The van der Waals surface area contributed by atoms with Gasteiger partial charge >= 0.3 is 0 Å². The average molecular weight is 423 g/mol. The van der Waals surface area contributed by atoms with E-state index in [1.54, 1.807) is 37.3 Å². The van der Waals surface area contributed by atoms with Gasteiger partial charge in [0.1, 0.15) is 6.04 Å². The third kappa shape index (κ3) is 4.81. The predicted molar refractivity (Wildman–Crippen MR) is 112 cm³/mol. The Balaban J connectivity index is 1.66. The zero-order valence-electron chi connectivity index (χ0n) is 16.4. The molecule has 3 rings (SSSR count). The molecule has 0 saturated carbocycles. The van der Waals surface area contributed by atoms with Crippen LogP contribution in [0.15, 0.2) is 46.7 Å². The minimum atomic E-state index is -3.53. The van der Waals surface area contributed by atoms with E-state index in [4.69, 9.17) is 0 Å². The van der Waals surface area contributed by atoms with Gasteiger partial charge in [-0.25, -0.2) is 13.1 Å². The molecule has 2 heterocycles. The van der Waals surface area contributed by atoms with E-state index < -0.39 is 10.0 Å². The lowest BCUT2D eigenvalue weighted by Gasteiger charge is -2.26. The van der Waals surface area contributed by atoms with Gasteiger partial charge in [-0.15, -0.1) is 11.3 Å². The van der Waals surface area contributed by atoms with E-state index in [-0.39, 0.29) is 22.9 Å². The van der Waals surface area contributed by atoms with E-state index in [2.05, 4.69) is 27.6 Å². The van der Waals surface area contributed by atoms with Gasteiger partial charge in [0.25, 0.3) is 5.91 Å². The van der Waals surface area contributed by atoms with Crippen molar-refractivity contribution in [2.24, 2.45) is 0 Å². The molecular weight excluding hydrogens is 394 g/mol. The summed E-state index contributed by atoms with van der Waals surface area (Å²) in [6.07, 6.45) is 2.22. The standard InChI is InChI=1S/C20H27N3O3S2/c1-14(2)22-28(25,26)17-10-8-16(9-11-17)21-20(24)15(3)23-12-4-6-18(23)19-7-5-13-27-19/h5,7-11,13-15,18,22H,4,6,12H2,1-3H3,(H,21,24)/p+1/t15-,18-/m1/s1. The van der Waals surface area contributed by atoms with Gasteiger partial charge in [0.15, 0.2) is 6.04 Å². The Morgan fingerprint density at radius 3 is 2.50 bits per heavy atom. The van der Waals surface area contributed by atoms with Crippen LogP contribution in [-0.2, 0) is 14.8 Å². The Morgan fingerprint density at radius 2 is 1.89 bits per heavy atom. The smallest absolute Gasteiger partial charge is 0.282 e. The van der Waals surface area contributed by atoms with Crippen molar-refractivity contribution in [2.45, 2.75) is 56.6 Å². The van der Waals surface area contributed by atoms with Gasteiger partial charge in [-0.1, -0.05) is 6.07 Å². The molecular formula is C20H28N3O3S2+. The first kappa shape index (κ1) is 21.0. The lowest BCUT2D eigenvalue weighted by molar-refractivity contribution is -0.931. The van der Waals surface area contributed by atoms with Crippen molar-refractivity contribution >= 4 is 33.0 Å². The van der Waals surface area contributed by atoms with Crippen molar-refractivity contribution in [3.63, 3.8) is 0 Å². The van der Waals surface area contributed by atoms with Crippen molar-refractivity contribution in [1.29, 1.82) is 0 Å². The fourth-order valence-corrected chi connectivity index (χ4v) is 5.87. The molecule has 3 N–H and O–H groups in total. The van der Waals surface area contributed by atoms with Crippen molar-refractivity contribution in [1.82, 2.24) is 4.72 Å². The van der Waals surface area contributed by atoms with Gasteiger partial charge in [-0.05, 0) is 56.5 Å². The molecule has 1 saturated heterocycles. The Hall–Kier alpha value is -1.74. The van der Waals surface area contributed by atoms with Crippen LogP contribution in [0, 0.1) is 0 Å². The number of carbonyl (C=O) groups excluding carboxylic acids is 1. The number of anilines is 1. The molecule has 1 fully saturated rings. The highest BCUT2D eigenvalue weighted by Crippen LogP contribution is 2.24. The zero-order chi connectivity index (χ0) is 20.3. The number of hydrogen-bond acceptors (Lipinski definition) is 4. The van der Waals surface area contributed by atoms with Crippen molar-refractivity contribution in [2.75, 3.05) is 11.9 Å². The number of rotatable bonds is 7. The molecule has 0 aliphatic carbocycles. The number of thiophene rings is 1. The van der Waals surface area contributed by atoms with E-state index >= 15 is 0 Å². The fraction of sp³-hybridized carbons (Fsp3) is 0.450. The Morgan fingerprint density at radius 1 is 1.18 bits per heavy atom. The molecule has 8 heteroatoms. The highest BCUT2D eigenvalue weighted by Gasteiger charge is 2.37. The van der Waals surface area contributed by atoms with Gasteiger partial charge in [0.2, 0.25) is 10.0 Å². The molecule has 6 nitrogen and oxygen atoms in total. The third-order valence-corrected chi connectivity index (χ3v) is 7.73. The maximum absolute atomic E-state index is 12.8. The zero-order valence-corrected chi connectivity index (χ0v) is 18.1. The quantitative estimate of drug-likeness (QED) is 0.640. The van der Waals surface area contributed by atoms with E-state index in [1.165, 1.54) is 21.9 Å². The molecule has 1 amide bonds. The van der Waals surface area contributed by atoms with Crippen molar-refractivity contribution in [3.8, 4) is 0 Å². The summed E-state index contributed by atoms with van der Waals surface area (Å²) in [5.74, 6) is -0.0469. The molecule has 1 aliphatic rings. The van der Waals surface area contributed by atoms with Gasteiger partial charge in [-0.2, -0.15) is 0 Å². The second-order valence-electron chi connectivity index (χ2n) is 7.55. The molecule has 2 aromatic rings. The molecule has 28 heavy (non-hydrogen) atoms. The van der Waals surface area contributed by atoms with E-state index in [0.717, 1.165) is 19.4 Å². The van der Waals surface area contributed by atoms with Crippen LogP contribution in [0.3, 0.4) is 0 Å². The lowest BCUT2D eigenvalue weighted by Crippen LogP contribution is -3.15. The first-order valence-corrected chi connectivity index (χ1v) is 12.0. The number of sulfonamides is 1. The normalized spacial score (nSPS) is 21.0. The van der Waals surface area contributed by atoms with Crippen LogP contribution >= 0.6 is 11.3 Å². The number of hydrogen-bond donors (Lipinski definition) is 3. The predicted octanol–water partition coefficient (Wildman–Crippen LogP) is 2.18. The maximum atomic E-state index is 12.8. The number of nitrogens with one attached hydrogen (secondary N) is 3. The van der Waals surface area contributed by atoms with Crippen LogP contribution in [-0.4, -0.2) is 33.0 Å². The van der Waals surface area contributed by atoms with Gasteiger partial charge in [-0.3, -0.25) is 4.79 Å². The summed E-state index contributed by atoms with van der Waals surface area (Å²) in [6.45, 7) is 6.49. The van der Waals surface area contributed by atoms with E-state index in [9.17, 15) is 13.2 Å². The average Bonchev–Trinajstić information content (AvgIpc) is 3.31. The summed E-state index contributed by atoms with van der Waals surface area (Å²) in [7, 11) is -3.53. The molecule has 0 bridgehead atoms. The number of carbonyl (C=O) groups is 1. The van der Waals surface area contributed by atoms with Gasteiger partial charge in [0.05, 0.1) is 16.3 Å². The summed E-state index contributed by atoms with van der Waals surface area (Å²) in [5.41, 5.74) is 0.603. The summed E-state index contributed by atoms with van der Waals surface area (Å²) < 4.78 is 27.0. The molecule has 0 radical (unpaired) electrons. The molecule has 1 aromatic heterocycles. The molecule has 152 valence electrons. The van der Waals surface area contributed by atoms with Crippen LogP contribution in [0.1, 0.15) is 44.5 Å². The summed E-state index contributed by atoms with van der Waals surface area (Å²) in [6, 6.07) is 10.5. The maximum Gasteiger partial charge on any atom is 0.282 e. The van der Waals surface area contributed by atoms with Crippen LogP contribution in [0.2, 0.25) is 0 Å². The van der Waals surface area contributed by atoms with Crippen LogP contribution < -0.4 is 14.9 Å². The van der Waals surface area contributed by atoms with Crippen molar-refractivity contribution in [3.05, 3.63) is 46.7 Å². The highest BCUT2D eigenvalue weighted by molar-refractivity contribution is 7.89. The first-order valence-electron chi connectivity index (χ1n) is 9.60. The largest absolute Gasteiger partial charge is 0.321 e. The van der Waals surface area contributed by atoms with Crippen LogP contribution in [0.4, 0.5) is 5.69 Å². The second kappa shape index (κ2) is 8.73. The molecule has 3 atom stereocenters. The second-order valence-corrected chi connectivity index (χ2v) is 10.2. The van der Waals surface area contributed by atoms with E-state index in [1.807, 2.05) is 6.92 Å². The van der Waals surface area contributed by atoms with Crippen LogP contribution in [0.5, 0.6) is 0 Å². The van der Waals surface area contributed by atoms with Gasteiger partial charge < -0.3 is 10.2 Å². The number of quaternary nitrogens is 1. The summed E-state index contributed by atoms with van der Waals surface area (Å²) >= 11 is 1.75. The SMILES string of the molecule is CC(C)NS(=O)(=O)c1ccc(NC(=O)[C@@H](C)[NH+]2CCC[C@@H]2c2cccs2)cc1. The fourth-order valence-electron chi connectivity index (χ4n) is 3.72. The van der Waals surface area contributed by atoms with Crippen molar-refractivity contribution < 1.29 is 18.1 Å². The summed E-state index contributed by atoms with van der Waals surface area (Å²) in [5, 5.41) is 5.02. The monoisotopic (exact) mass is 422 g/mol. The Bertz CT molecular complexity index is 893. The molecule has 1 aromatic carbocycles. The number of benzene rings is 1. The van der Waals surface area contributed by atoms with E-state index in [0.29, 0.717) is 11.7 Å². The number of likely N-dealkylation sites (tertiary alicyclic amines) is 1. The lowest BCUT2D eigenvalue weighted by atomic mass is 10.1. The minimum Gasteiger partial charge on any atom is -0.321 e. The van der Waals surface area contributed by atoms with Gasteiger partial charge in [0, 0.05) is 24.6 Å². The molecule has 1 aliphatic heterocycles. The third-order valence-electron chi connectivity index (χ3n) is 5.06. The molecule has 0 spiro atoms. The Labute approximate surface area is 171 Å². The highest BCUT2D eigenvalue weighted by atomic mass is 32.2. The topological polar surface area (TPSA) is 79.7 Å². The minimum absolute atomic E-state index is 0.0469. The molecule has 1 unspecified atom stereocenters. The first-order chi connectivity index (χ1) is 13.3. The van der Waals surface area contributed by atoms with Crippen LogP contribution in [0.25, 0.3) is 0 Å². The summed E-state index contributed by atoms with van der Waals surface area (Å²) in [4.78, 5) is 15.6. The number of amides is 1. The Kier molecular flexibility index (Phi) is 6.54.